The Kier molecular flexibility index (Phi) is 5.04. The Bertz CT molecular complexity index is 671. The number of rotatable bonds is 5. The molecule has 1 aromatic carbocycles. The van der Waals surface area contributed by atoms with Crippen LogP contribution in [0.2, 0.25) is 0 Å². The lowest BCUT2D eigenvalue weighted by atomic mass is 10.2. The van der Waals surface area contributed by atoms with Gasteiger partial charge in [-0.2, -0.15) is 0 Å². The van der Waals surface area contributed by atoms with E-state index in [0.717, 1.165) is 5.56 Å². The van der Waals surface area contributed by atoms with Crippen molar-refractivity contribution in [3.63, 3.8) is 0 Å². The molecule has 8 heteroatoms. The van der Waals surface area contributed by atoms with Crippen LogP contribution in [0.4, 0.5) is 0 Å². The van der Waals surface area contributed by atoms with E-state index in [-0.39, 0.29) is 5.91 Å². The van der Waals surface area contributed by atoms with Gasteiger partial charge in [0.2, 0.25) is 0 Å². The molecule has 1 aromatic rings. The molecule has 0 spiro atoms. The Morgan fingerprint density at radius 2 is 2.18 bits per heavy atom. The molecule has 0 aromatic heterocycles. The van der Waals surface area contributed by atoms with Gasteiger partial charge in [0.1, 0.15) is 4.32 Å². The Balaban J connectivity index is 2.25. The van der Waals surface area contributed by atoms with Gasteiger partial charge < -0.3 is 14.6 Å². The predicted molar refractivity (Wildman–Crippen MR) is 87.1 cm³/mol. The second kappa shape index (κ2) is 6.80. The van der Waals surface area contributed by atoms with E-state index in [0.29, 0.717) is 20.7 Å². The van der Waals surface area contributed by atoms with Gasteiger partial charge in [-0.15, -0.1) is 0 Å². The molecule has 1 aliphatic rings. The van der Waals surface area contributed by atoms with Gasteiger partial charge >= 0.3 is 5.97 Å². The second-order valence-corrected chi connectivity index (χ2v) is 6.01. The first-order chi connectivity index (χ1) is 10.4. The van der Waals surface area contributed by atoms with Gasteiger partial charge in [0.05, 0.1) is 12.0 Å². The number of thioether (sulfide) groups is 1. The lowest BCUT2D eigenvalue weighted by Crippen LogP contribution is -2.22. The van der Waals surface area contributed by atoms with Crippen molar-refractivity contribution in [2.75, 3.05) is 20.8 Å². The van der Waals surface area contributed by atoms with Crippen LogP contribution in [-0.4, -0.2) is 47.0 Å². The molecule has 116 valence electrons. The zero-order chi connectivity index (χ0) is 16.3. The monoisotopic (exact) mass is 339 g/mol. The summed E-state index contributed by atoms with van der Waals surface area (Å²) >= 11 is 6.29. The van der Waals surface area contributed by atoms with Crippen LogP contribution in [0, 0.1) is 0 Å². The number of benzene rings is 1. The molecule has 0 radical (unpaired) electrons. The number of carboxylic acid groups (broad SMARTS) is 1. The summed E-state index contributed by atoms with van der Waals surface area (Å²) in [5, 5.41) is 8.63. The molecule has 1 fully saturated rings. The highest BCUT2D eigenvalue weighted by Crippen LogP contribution is 2.33. The topological polar surface area (TPSA) is 76.1 Å². The fraction of sp³-hybridized carbons (Fsp3) is 0.214. The Morgan fingerprint density at radius 3 is 2.73 bits per heavy atom. The summed E-state index contributed by atoms with van der Waals surface area (Å²) in [6.07, 6.45) is 1.70. The molecule has 1 heterocycles. The largest absolute Gasteiger partial charge is 0.493 e. The predicted octanol–water partition coefficient (Wildman–Crippen LogP) is 1.99. The first-order valence-electron chi connectivity index (χ1n) is 6.16. The highest BCUT2D eigenvalue weighted by atomic mass is 32.2. The van der Waals surface area contributed by atoms with Gasteiger partial charge in [0, 0.05) is 7.05 Å². The van der Waals surface area contributed by atoms with Crippen LogP contribution in [0.25, 0.3) is 6.08 Å². The van der Waals surface area contributed by atoms with Crippen LogP contribution in [0.1, 0.15) is 5.56 Å². The number of carbonyl (C=O) groups excluding carboxylic acids is 1. The molecule has 1 N–H and O–H groups in total. The molecular weight excluding hydrogens is 326 g/mol. The lowest BCUT2D eigenvalue weighted by Gasteiger charge is -2.09. The van der Waals surface area contributed by atoms with Crippen molar-refractivity contribution in [2.24, 2.45) is 0 Å². The second-order valence-electron chi connectivity index (χ2n) is 4.33. The van der Waals surface area contributed by atoms with Gasteiger partial charge in [0.25, 0.3) is 5.91 Å². The van der Waals surface area contributed by atoms with Crippen molar-refractivity contribution in [1.29, 1.82) is 0 Å². The highest BCUT2D eigenvalue weighted by molar-refractivity contribution is 8.26. The third-order valence-electron chi connectivity index (χ3n) is 2.82. The molecule has 6 nitrogen and oxygen atoms in total. The molecule has 1 amide bonds. The molecule has 0 saturated carbocycles. The van der Waals surface area contributed by atoms with Crippen molar-refractivity contribution >= 4 is 46.3 Å². The van der Waals surface area contributed by atoms with E-state index >= 15 is 0 Å². The number of amides is 1. The smallest absolute Gasteiger partial charge is 0.341 e. The van der Waals surface area contributed by atoms with E-state index in [1.165, 1.54) is 23.8 Å². The molecule has 0 aliphatic carbocycles. The Morgan fingerprint density at radius 1 is 1.45 bits per heavy atom. The summed E-state index contributed by atoms with van der Waals surface area (Å²) in [7, 11) is 3.08. The molecular formula is C14H13NO5S2. The fourth-order valence-electron chi connectivity index (χ4n) is 1.73. The quantitative estimate of drug-likeness (QED) is 0.649. The maximum absolute atomic E-state index is 11.9. The first kappa shape index (κ1) is 16.3. The number of thiocarbonyl (C=S) groups is 1. The Hall–Kier alpha value is -2.06. The van der Waals surface area contributed by atoms with E-state index in [9.17, 15) is 9.59 Å². The van der Waals surface area contributed by atoms with E-state index < -0.39 is 12.6 Å². The number of ether oxygens (including phenoxy) is 2. The molecule has 2 rings (SSSR count). The lowest BCUT2D eigenvalue weighted by molar-refractivity contribution is -0.139. The van der Waals surface area contributed by atoms with Crippen molar-refractivity contribution < 1.29 is 24.2 Å². The average Bonchev–Trinajstić information content (AvgIpc) is 2.73. The summed E-state index contributed by atoms with van der Waals surface area (Å²) in [5.41, 5.74) is 0.730. The minimum absolute atomic E-state index is 0.153. The first-order valence-corrected chi connectivity index (χ1v) is 7.39. The van der Waals surface area contributed by atoms with E-state index in [4.69, 9.17) is 26.8 Å². The van der Waals surface area contributed by atoms with Crippen LogP contribution < -0.4 is 9.47 Å². The number of nitrogens with zero attached hydrogens (tertiary/aromatic N) is 1. The highest BCUT2D eigenvalue weighted by Gasteiger charge is 2.28. The maximum Gasteiger partial charge on any atom is 0.341 e. The molecule has 1 aliphatic heterocycles. The van der Waals surface area contributed by atoms with Gasteiger partial charge in [-0.3, -0.25) is 9.69 Å². The number of likely N-dealkylation sites (N-methyl/N-ethyl adjacent to an activating group) is 1. The van der Waals surface area contributed by atoms with Crippen LogP contribution in [-0.2, 0) is 9.59 Å². The summed E-state index contributed by atoms with van der Waals surface area (Å²) in [4.78, 5) is 24.4. The van der Waals surface area contributed by atoms with Gasteiger partial charge in [0.15, 0.2) is 18.1 Å². The van der Waals surface area contributed by atoms with Crippen LogP contribution in [0.3, 0.4) is 0 Å². The standard InChI is InChI=1S/C14H13NO5S2/c1-15-13(18)11(22-14(15)21)6-8-3-4-9(10(5-8)19-2)20-7-12(16)17/h3-6H,7H2,1-2H3,(H,16,17)/b11-6+. The van der Waals surface area contributed by atoms with Crippen molar-refractivity contribution in [1.82, 2.24) is 4.90 Å². The van der Waals surface area contributed by atoms with Crippen molar-refractivity contribution in [3.8, 4) is 11.5 Å². The zero-order valence-electron chi connectivity index (χ0n) is 11.9. The summed E-state index contributed by atoms with van der Waals surface area (Å²) in [6, 6.07) is 4.97. The number of carbonyl (C=O) groups is 2. The fourth-order valence-corrected chi connectivity index (χ4v) is 2.91. The SMILES string of the molecule is COc1cc(/C=C2/SC(=S)N(C)C2=O)ccc1OCC(=O)O. The minimum atomic E-state index is -1.07. The van der Waals surface area contributed by atoms with Crippen LogP contribution in [0.5, 0.6) is 11.5 Å². The number of hydrogen-bond acceptors (Lipinski definition) is 6. The summed E-state index contributed by atoms with van der Waals surface area (Å²) in [6.45, 7) is -0.454. The molecule has 1 saturated heterocycles. The third kappa shape index (κ3) is 3.58. The zero-order valence-corrected chi connectivity index (χ0v) is 13.5. The maximum atomic E-state index is 11.9. The van der Waals surface area contributed by atoms with E-state index in [1.54, 1.807) is 31.3 Å². The number of aliphatic carboxylic acids is 1. The number of carboxylic acids is 1. The van der Waals surface area contributed by atoms with Gasteiger partial charge in [-0.05, 0) is 23.8 Å². The van der Waals surface area contributed by atoms with Crippen molar-refractivity contribution in [3.05, 3.63) is 28.7 Å². The molecule has 0 atom stereocenters. The molecule has 22 heavy (non-hydrogen) atoms. The number of hydrogen-bond donors (Lipinski definition) is 1. The van der Waals surface area contributed by atoms with E-state index in [2.05, 4.69) is 0 Å². The number of methoxy groups -OCH3 is 1. The minimum Gasteiger partial charge on any atom is -0.493 e. The summed E-state index contributed by atoms with van der Waals surface area (Å²) in [5.74, 6) is -0.509. The Labute approximate surface area is 136 Å². The molecule has 0 bridgehead atoms. The van der Waals surface area contributed by atoms with E-state index in [1.807, 2.05) is 0 Å². The summed E-state index contributed by atoms with van der Waals surface area (Å²) < 4.78 is 10.8. The van der Waals surface area contributed by atoms with Gasteiger partial charge in [-0.1, -0.05) is 30.0 Å². The van der Waals surface area contributed by atoms with Gasteiger partial charge in [-0.25, -0.2) is 4.79 Å². The van der Waals surface area contributed by atoms with Crippen molar-refractivity contribution in [2.45, 2.75) is 0 Å². The molecule has 0 unspecified atom stereocenters. The average molecular weight is 339 g/mol. The van der Waals surface area contributed by atoms with Crippen LogP contribution >= 0.6 is 24.0 Å². The third-order valence-corrected chi connectivity index (χ3v) is 4.31. The normalized spacial score (nSPS) is 16.3. The van der Waals surface area contributed by atoms with Crippen LogP contribution in [0.15, 0.2) is 23.1 Å².